The van der Waals surface area contributed by atoms with E-state index in [2.05, 4.69) is 28.8 Å². The highest BCUT2D eigenvalue weighted by Crippen LogP contribution is 2.17. The molecule has 0 amide bonds. The van der Waals surface area contributed by atoms with Crippen LogP contribution in [0.15, 0.2) is 22.2 Å². The van der Waals surface area contributed by atoms with Crippen LogP contribution in [-0.4, -0.2) is 25.6 Å². The van der Waals surface area contributed by atoms with Crippen LogP contribution in [0.25, 0.3) is 11.2 Å². The third-order valence-corrected chi connectivity index (χ3v) is 4.65. The van der Waals surface area contributed by atoms with Crippen LogP contribution in [0, 0.1) is 0 Å². The average Bonchev–Trinajstić information content (AvgIpc) is 2.99. The number of fused-ring (bicyclic) bond motifs is 1. The van der Waals surface area contributed by atoms with Gasteiger partial charge in [-0.3, -0.25) is 14.3 Å². The van der Waals surface area contributed by atoms with E-state index in [1.807, 2.05) is 4.57 Å². The third-order valence-electron chi connectivity index (χ3n) is 4.65. The van der Waals surface area contributed by atoms with Crippen molar-refractivity contribution in [2.45, 2.75) is 64.8 Å². The molecular weight excluding hydrogens is 330 g/mol. The highest BCUT2D eigenvalue weighted by atomic mass is 16.2. The summed E-state index contributed by atoms with van der Waals surface area (Å²) in [5.74, 6) is 0.606. The minimum Gasteiger partial charge on any atom is -0.352 e. The lowest BCUT2D eigenvalue weighted by molar-refractivity contribution is 0.549. The second kappa shape index (κ2) is 9.99. The minimum absolute atomic E-state index is 0.387. The van der Waals surface area contributed by atoms with Crippen molar-refractivity contribution in [3.05, 3.63) is 33.5 Å². The molecule has 2 heterocycles. The number of imidazole rings is 1. The van der Waals surface area contributed by atoms with Gasteiger partial charge in [-0.15, -0.1) is 6.58 Å². The van der Waals surface area contributed by atoms with Gasteiger partial charge in [-0.1, -0.05) is 57.9 Å². The van der Waals surface area contributed by atoms with Gasteiger partial charge in [0.05, 0.1) is 0 Å². The molecule has 0 bridgehead atoms. The summed E-state index contributed by atoms with van der Waals surface area (Å²) in [6.45, 7) is 7.18. The minimum atomic E-state index is -0.450. The van der Waals surface area contributed by atoms with Crippen LogP contribution in [-0.2, 0) is 13.6 Å². The lowest BCUT2D eigenvalue weighted by Crippen LogP contribution is -2.29. The van der Waals surface area contributed by atoms with Crippen LogP contribution in [0.4, 0.5) is 5.95 Å². The summed E-state index contributed by atoms with van der Waals surface area (Å²) in [5, 5.41) is 3.17. The number of nitrogens with zero attached hydrogens (tertiary/aromatic N) is 3. The van der Waals surface area contributed by atoms with Gasteiger partial charge in [-0.2, -0.15) is 4.98 Å². The molecule has 7 heteroatoms. The Morgan fingerprint density at radius 3 is 2.42 bits per heavy atom. The van der Waals surface area contributed by atoms with E-state index in [4.69, 9.17) is 0 Å². The van der Waals surface area contributed by atoms with Crippen LogP contribution < -0.4 is 16.6 Å². The Balaban J connectivity index is 2.09. The zero-order chi connectivity index (χ0) is 18.9. The van der Waals surface area contributed by atoms with E-state index >= 15 is 0 Å². The molecule has 7 nitrogen and oxygen atoms in total. The Bertz CT molecular complexity index is 831. The highest BCUT2D eigenvalue weighted by Gasteiger charge is 2.16. The lowest BCUT2D eigenvalue weighted by Gasteiger charge is -2.09. The van der Waals surface area contributed by atoms with Gasteiger partial charge in [0, 0.05) is 20.1 Å². The Hall–Kier alpha value is -2.31. The summed E-state index contributed by atoms with van der Waals surface area (Å²) >= 11 is 0. The molecule has 0 spiro atoms. The number of nitrogens with one attached hydrogen (secondary N) is 2. The molecule has 0 fully saturated rings. The maximum Gasteiger partial charge on any atom is 0.329 e. The van der Waals surface area contributed by atoms with E-state index in [0.29, 0.717) is 30.2 Å². The molecule has 2 aromatic rings. The van der Waals surface area contributed by atoms with Crippen molar-refractivity contribution < 1.29 is 0 Å². The highest BCUT2D eigenvalue weighted by molar-refractivity contribution is 5.74. The smallest absolute Gasteiger partial charge is 0.329 e. The van der Waals surface area contributed by atoms with Gasteiger partial charge in [-0.25, -0.2) is 4.79 Å². The van der Waals surface area contributed by atoms with E-state index in [-0.39, 0.29) is 5.56 Å². The van der Waals surface area contributed by atoms with E-state index in [1.54, 1.807) is 13.1 Å². The van der Waals surface area contributed by atoms with Crippen LogP contribution in [0.2, 0.25) is 0 Å². The van der Waals surface area contributed by atoms with Crippen LogP contribution in [0.5, 0.6) is 0 Å². The largest absolute Gasteiger partial charge is 0.352 e. The van der Waals surface area contributed by atoms with E-state index in [1.165, 1.54) is 43.1 Å². The second-order valence-electron chi connectivity index (χ2n) is 6.72. The van der Waals surface area contributed by atoms with E-state index in [0.717, 1.165) is 12.8 Å². The predicted molar refractivity (Wildman–Crippen MR) is 107 cm³/mol. The van der Waals surface area contributed by atoms with Crippen molar-refractivity contribution in [1.29, 1.82) is 0 Å². The molecule has 26 heavy (non-hydrogen) atoms. The molecule has 0 aromatic carbocycles. The molecule has 2 N–H and O–H groups in total. The average molecular weight is 361 g/mol. The summed E-state index contributed by atoms with van der Waals surface area (Å²) in [7, 11) is 1.62. The zero-order valence-corrected chi connectivity index (χ0v) is 16.0. The van der Waals surface area contributed by atoms with Crippen molar-refractivity contribution in [2.75, 3.05) is 11.9 Å². The Kier molecular flexibility index (Phi) is 7.69. The van der Waals surface area contributed by atoms with Crippen LogP contribution in [0.3, 0.4) is 0 Å². The first-order chi connectivity index (χ1) is 12.6. The molecule has 144 valence electrons. The number of H-pyrrole nitrogens is 1. The molecule has 0 aliphatic rings. The Morgan fingerprint density at radius 2 is 1.77 bits per heavy atom. The predicted octanol–water partition coefficient (Wildman–Crippen LogP) is 3.16. The fourth-order valence-corrected chi connectivity index (χ4v) is 3.15. The van der Waals surface area contributed by atoms with Crippen molar-refractivity contribution in [3.63, 3.8) is 0 Å². The number of rotatable bonds is 12. The summed E-state index contributed by atoms with van der Waals surface area (Å²) in [6.07, 6.45) is 11.5. The molecule has 0 unspecified atom stereocenters. The molecule has 0 radical (unpaired) electrons. The third kappa shape index (κ3) is 4.86. The van der Waals surface area contributed by atoms with Gasteiger partial charge >= 0.3 is 5.69 Å². The SMILES string of the molecule is C=CCNc1nc2c(c(=O)[nH]c(=O)n2C)n1CCCCCCCCCC. The van der Waals surface area contributed by atoms with Gasteiger partial charge < -0.3 is 9.88 Å². The number of hydrogen-bond acceptors (Lipinski definition) is 4. The topological polar surface area (TPSA) is 84.7 Å². The molecule has 0 aliphatic heterocycles. The zero-order valence-electron chi connectivity index (χ0n) is 16.0. The second-order valence-corrected chi connectivity index (χ2v) is 6.72. The van der Waals surface area contributed by atoms with E-state index in [9.17, 15) is 9.59 Å². The van der Waals surface area contributed by atoms with Crippen LogP contribution in [0.1, 0.15) is 58.3 Å². The van der Waals surface area contributed by atoms with Gasteiger partial charge in [-0.05, 0) is 6.42 Å². The fourth-order valence-electron chi connectivity index (χ4n) is 3.15. The van der Waals surface area contributed by atoms with Gasteiger partial charge in [0.25, 0.3) is 5.56 Å². The van der Waals surface area contributed by atoms with Gasteiger partial charge in [0.2, 0.25) is 5.95 Å². The lowest BCUT2D eigenvalue weighted by atomic mass is 10.1. The Morgan fingerprint density at radius 1 is 1.12 bits per heavy atom. The summed E-state index contributed by atoms with van der Waals surface area (Å²) in [4.78, 5) is 31.0. The number of aromatic amines is 1. The van der Waals surface area contributed by atoms with E-state index < -0.39 is 5.69 Å². The number of unbranched alkanes of at least 4 members (excludes halogenated alkanes) is 7. The number of anilines is 1. The summed E-state index contributed by atoms with van der Waals surface area (Å²) in [6, 6.07) is 0. The molecule has 0 saturated carbocycles. The molecule has 2 aromatic heterocycles. The molecule has 0 aliphatic carbocycles. The van der Waals surface area contributed by atoms with Crippen molar-refractivity contribution >= 4 is 17.1 Å². The molecule has 2 rings (SSSR count). The normalized spacial score (nSPS) is 11.2. The first-order valence-corrected chi connectivity index (χ1v) is 9.64. The maximum atomic E-state index is 12.3. The first kappa shape index (κ1) is 20.0. The maximum absolute atomic E-state index is 12.3. The van der Waals surface area contributed by atoms with Crippen molar-refractivity contribution in [2.24, 2.45) is 7.05 Å². The fraction of sp³-hybridized carbons (Fsp3) is 0.632. The standard InChI is InChI=1S/C19H31N5O2/c1-4-6-7-8-9-10-11-12-14-24-15-16(21-18(24)20-13-5-2)23(3)19(26)22-17(15)25/h5H,2,4,6-14H2,1,3H3,(H,20,21)(H,22,25,26). The van der Waals surface area contributed by atoms with Gasteiger partial charge in [0.1, 0.15) is 0 Å². The molecular formula is C19H31N5O2. The summed E-state index contributed by atoms with van der Waals surface area (Å²) in [5.41, 5.74) is 0.0165. The number of aryl methyl sites for hydroxylation is 2. The molecule has 0 atom stereocenters. The first-order valence-electron chi connectivity index (χ1n) is 9.64. The number of aromatic nitrogens is 4. The quantitative estimate of drug-likeness (QED) is 0.449. The van der Waals surface area contributed by atoms with Gasteiger partial charge in [0.15, 0.2) is 11.2 Å². The Labute approximate surface area is 154 Å². The van der Waals surface area contributed by atoms with Crippen LogP contribution >= 0.6 is 0 Å². The monoisotopic (exact) mass is 361 g/mol. The molecule has 0 saturated heterocycles. The van der Waals surface area contributed by atoms with Crippen molar-refractivity contribution in [3.8, 4) is 0 Å². The number of hydrogen-bond donors (Lipinski definition) is 2. The summed E-state index contributed by atoms with van der Waals surface area (Å²) < 4.78 is 3.26. The van der Waals surface area contributed by atoms with Crippen molar-refractivity contribution in [1.82, 2.24) is 19.1 Å².